The van der Waals surface area contributed by atoms with Crippen LogP contribution in [0.15, 0.2) is 48.2 Å². The fraction of sp³-hybridized carbons (Fsp3) is 0.235. The Labute approximate surface area is 113 Å². The molecule has 1 nitrogen and oxygen atoms in total. The van der Waals surface area contributed by atoms with E-state index in [1.807, 2.05) is 31.4 Å². The summed E-state index contributed by atoms with van der Waals surface area (Å²) >= 11 is 0. The highest BCUT2D eigenvalue weighted by Gasteiger charge is 2.26. The Morgan fingerprint density at radius 3 is 2.72 bits per heavy atom. The molecule has 0 unspecified atom stereocenters. The molecule has 18 heavy (non-hydrogen) atoms. The highest BCUT2D eigenvalue weighted by molar-refractivity contribution is 5.81. The van der Waals surface area contributed by atoms with Crippen LogP contribution in [0.25, 0.3) is 16.7 Å². The molecule has 1 aliphatic carbocycles. The van der Waals surface area contributed by atoms with Crippen molar-refractivity contribution in [3.63, 3.8) is 0 Å². The molecular formula is C17H18N+. The summed E-state index contributed by atoms with van der Waals surface area (Å²) < 4.78 is 25.2. The molecular weight excluding hydrogens is 218 g/mol. The van der Waals surface area contributed by atoms with E-state index in [1.54, 1.807) is 12.1 Å². The van der Waals surface area contributed by atoms with Crippen LogP contribution in [0, 0.1) is 6.85 Å². The molecule has 0 saturated carbocycles. The Morgan fingerprint density at radius 2 is 2.00 bits per heavy atom. The van der Waals surface area contributed by atoms with Crippen molar-refractivity contribution in [2.45, 2.75) is 20.2 Å². The van der Waals surface area contributed by atoms with Crippen LogP contribution in [-0.2, 0) is 7.05 Å². The molecule has 0 N–H and O–H groups in total. The molecule has 0 radical (unpaired) electrons. The van der Waals surface area contributed by atoms with Crippen molar-refractivity contribution >= 4 is 5.57 Å². The number of benzene rings is 1. The molecule has 0 spiro atoms. The summed E-state index contributed by atoms with van der Waals surface area (Å²) in [5.74, 6) is 0. The van der Waals surface area contributed by atoms with Gasteiger partial charge in [0.2, 0.25) is 5.69 Å². The second-order valence-electron chi connectivity index (χ2n) is 4.89. The van der Waals surface area contributed by atoms with Gasteiger partial charge in [-0.3, -0.25) is 0 Å². The fourth-order valence-electron chi connectivity index (χ4n) is 2.30. The number of aromatic nitrogens is 1. The molecule has 1 heteroatoms. The number of hydrogen-bond donors (Lipinski definition) is 0. The fourth-order valence-corrected chi connectivity index (χ4v) is 2.30. The lowest BCUT2D eigenvalue weighted by Gasteiger charge is -2.06. The van der Waals surface area contributed by atoms with E-state index in [2.05, 4.69) is 17.6 Å². The van der Waals surface area contributed by atoms with Gasteiger partial charge in [0.05, 0.1) is 0 Å². The summed E-state index contributed by atoms with van der Waals surface area (Å²) in [7, 11) is 2.02. The van der Waals surface area contributed by atoms with Gasteiger partial charge in [-0.1, -0.05) is 29.8 Å². The predicted octanol–water partition coefficient (Wildman–Crippen LogP) is 3.66. The van der Waals surface area contributed by atoms with Gasteiger partial charge in [-0.05, 0) is 30.5 Å². The third kappa shape index (κ3) is 1.86. The van der Waals surface area contributed by atoms with Gasteiger partial charge >= 0.3 is 0 Å². The quantitative estimate of drug-likeness (QED) is 0.704. The number of pyridine rings is 1. The summed E-state index contributed by atoms with van der Waals surface area (Å²) in [6.45, 7) is 0.0436. The Morgan fingerprint density at radius 1 is 1.22 bits per heavy atom. The van der Waals surface area contributed by atoms with Crippen LogP contribution in [0.2, 0.25) is 0 Å². The van der Waals surface area contributed by atoms with Gasteiger partial charge in [0.15, 0.2) is 6.20 Å². The molecule has 1 heterocycles. The largest absolute Gasteiger partial charge is 0.209 e. The standard InChI is InChI=1S/C17H18N/c1-12-6-4-5-7-15(12)14-8-9-18(3)17(11-14)16-10-13(16)2/h4-9,11H,10H2,1-3H3/q+1/i1D3. The van der Waals surface area contributed by atoms with Crippen molar-refractivity contribution in [3.05, 3.63) is 59.4 Å². The molecule has 3 rings (SSSR count). The van der Waals surface area contributed by atoms with E-state index in [1.165, 1.54) is 16.8 Å². The van der Waals surface area contributed by atoms with Gasteiger partial charge in [-0.25, -0.2) is 4.57 Å². The molecule has 0 fully saturated rings. The lowest BCUT2D eigenvalue weighted by Crippen LogP contribution is -2.31. The first-order valence-corrected chi connectivity index (χ1v) is 6.16. The third-order valence-corrected chi connectivity index (χ3v) is 3.53. The van der Waals surface area contributed by atoms with Crippen LogP contribution in [0.1, 0.15) is 28.7 Å². The highest BCUT2D eigenvalue weighted by atomic mass is 14.9. The van der Waals surface area contributed by atoms with Gasteiger partial charge in [-0.2, -0.15) is 0 Å². The van der Waals surface area contributed by atoms with Crippen LogP contribution in [0.5, 0.6) is 0 Å². The average molecular weight is 239 g/mol. The van der Waals surface area contributed by atoms with E-state index in [4.69, 9.17) is 4.11 Å². The third-order valence-electron chi connectivity index (χ3n) is 3.53. The molecule has 0 atom stereocenters. The Bertz CT molecular complexity index is 742. The van der Waals surface area contributed by atoms with Gasteiger partial charge in [0.1, 0.15) is 7.05 Å². The molecule has 1 aromatic heterocycles. The van der Waals surface area contributed by atoms with Crippen molar-refractivity contribution in [2.24, 2.45) is 7.05 Å². The van der Waals surface area contributed by atoms with Crippen LogP contribution in [0.3, 0.4) is 0 Å². The van der Waals surface area contributed by atoms with Crippen molar-refractivity contribution < 1.29 is 8.68 Å². The maximum Gasteiger partial charge on any atom is 0.209 e. The molecule has 0 amide bonds. The summed E-state index contributed by atoms with van der Waals surface area (Å²) in [4.78, 5) is 0. The molecule has 1 aromatic carbocycles. The first-order chi connectivity index (χ1) is 9.88. The van der Waals surface area contributed by atoms with Crippen molar-refractivity contribution in [2.75, 3.05) is 0 Å². The smallest absolute Gasteiger partial charge is 0.201 e. The molecule has 1 aliphatic rings. The monoisotopic (exact) mass is 239 g/mol. The van der Waals surface area contributed by atoms with Gasteiger partial charge < -0.3 is 0 Å². The minimum Gasteiger partial charge on any atom is -0.201 e. The number of allylic oxidation sites excluding steroid dienone is 2. The van der Waals surface area contributed by atoms with E-state index in [9.17, 15) is 0 Å². The zero-order valence-corrected chi connectivity index (χ0v) is 10.7. The van der Waals surface area contributed by atoms with Gasteiger partial charge in [-0.15, -0.1) is 0 Å². The predicted molar refractivity (Wildman–Crippen MR) is 75.0 cm³/mol. The summed E-state index contributed by atoms with van der Waals surface area (Å²) in [5.41, 5.74) is 6.11. The van der Waals surface area contributed by atoms with E-state index in [0.29, 0.717) is 5.56 Å². The average Bonchev–Trinajstić information content (AvgIpc) is 3.15. The van der Waals surface area contributed by atoms with Crippen LogP contribution < -0.4 is 4.57 Å². The summed E-state index contributed by atoms with van der Waals surface area (Å²) in [6, 6.07) is 11.3. The van der Waals surface area contributed by atoms with Crippen LogP contribution >= 0.6 is 0 Å². The number of rotatable bonds is 2. The second kappa shape index (κ2) is 4.09. The first-order valence-electron chi connectivity index (χ1n) is 7.66. The van der Waals surface area contributed by atoms with Crippen molar-refractivity contribution in [1.82, 2.24) is 0 Å². The normalized spacial score (nSPS) is 17.1. The first kappa shape index (κ1) is 8.25. The molecule has 2 aromatic rings. The molecule has 0 bridgehead atoms. The number of nitrogens with zero attached hydrogens (tertiary/aromatic N) is 1. The number of hydrogen-bond acceptors (Lipinski definition) is 0. The molecule has 90 valence electrons. The van der Waals surface area contributed by atoms with Crippen molar-refractivity contribution in [1.29, 1.82) is 0 Å². The Balaban J connectivity index is 2.14. The molecule has 0 aliphatic heterocycles. The zero-order chi connectivity index (χ0) is 15.2. The van der Waals surface area contributed by atoms with Crippen molar-refractivity contribution in [3.8, 4) is 11.1 Å². The maximum absolute atomic E-state index is 7.71. The van der Waals surface area contributed by atoms with E-state index in [-0.39, 0.29) is 0 Å². The van der Waals surface area contributed by atoms with E-state index >= 15 is 0 Å². The topological polar surface area (TPSA) is 3.88 Å². The second-order valence-corrected chi connectivity index (χ2v) is 4.89. The lowest BCUT2D eigenvalue weighted by atomic mass is 10.0. The lowest BCUT2D eigenvalue weighted by molar-refractivity contribution is -0.673. The van der Waals surface area contributed by atoms with Crippen LogP contribution in [-0.4, -0.2) is 0 Å². The van der Waals surface area contributed by atoms with Gasteiger partial charge in [0.25, 0.3) is 0 Å². The van der Waals surface area contributed by atoms with Gasteiger partial charge in [0, 0.05) is 28.2 Å². The Hall–Kier alpha value is -1.89. The van der Waals surface area contributed by atoms with E-state index in [0.717, 1.165) is 17.5 Å². The zero-order valence-electron chi connectivity index (χ0n) is 13.7. The minimum atomic E-state index is -2.09. The number of aryl methyl sites for hydroxylation is 2. The molecule has 0 saturated heterocycles. The Kier molecular flexibility index (Phi) is 1.88. The highest BCUT2D eigenvalue weighted by Crippen LogP contribution is 2.38. The SMILES string of the molecule is [2H]C([2H])([2H])c1ccccc1-c1cc[n+](C)c(C2=C(C)C2)c1. The van der Waals surface area contributed by atoms with E-state index < -0.39 is 6.85 Å². The maximum atomic E-state index is 7.71. The summed E-state index contributed by atoms with van der Waals surface area (Å²) in [6.07, 6.45) is 3.05. The summed E-state index contributed by atoms with van der Waals surface area (Å²) in [5, 5.41) is 0. The minimum absolute atomic E-state index is 0.409. The van der Waals surface area contributed by atoms with Crippen LogP contribution in [0.4, 0.5) is 0 Å².